The predicted molar refractivity (Wildman–Crippen MR) is 111 cm³/mol. The maximum absolute atomic E-state index is 11.9. The molecule has 0 aromatic heterocycles. The lowest BCUT2D eigenvalue weighted by Gasteiger charge is -2.64. The van der Waals surface area contributed by atoms with E-state index in [9.17, 15) is 20.4 Å². The largest absolute Gasteiger partial charge is 0.393 e. The maximum atomic E-state index is 11.9. The highest BCUT2D eigenvalue weighted by molar-refractivity contribution is 5.29. The summed E-state index contributed by atoms with van der Waals surface area (Å²) in [6.45, 7) is 4.50. The number of hydrogen-bond acceptors (Lipinski definition) is 4. The van der Waals surface area contributed by atoms with Crippen LogP contribution in [0.25, 0.3) is 0 Å². The number of rotatable bonds is 1. The fourth-order valence-corrected chi connectivity index (χ4v) is 8.44. The predicted octanol–water partition coefficient (Wildman–Crippen LogP) is 3.22. The van der Waals surface area contributed by atoms with Crippen molar-refractivity contribution < 1.29 is 20.4 Å². The zero-order valence-electron chi connectivity index (χ0n) is 17.7. The smallest absolute Gasteiger partial charge is 0.0952 e. The Labute approximate surface area is 174 Å². The molecule has 5 rings (SSSR count). The summed E-state index contributed by atoms with van der Waals surface area (Å²) in [5, 5.41) is 44.6. The summed E-state index contributed by atoms with van der Waals surface area (Å²) in [5.74, 6) is 0.509. The number of benzene rings is 1. The first-order valence-corrected chi connectivity index (χ1v) is 11.5. The van der Waals surface area contributed by atoms with Gasteiger partial charge in [0.05, 0.1) is 23.9 Å². The molecule has 4 nitrogen and oxygen atoms in total. The third kappa shape index (κ3) is 2.52. The van der Waals surface area contributed by atoms with Crippen molar-refractivity contribution in [2.75, 3.05) is 0 Å². The molecular weight excluding hydrogens is 364 g/mol. The first-order chi connectivity index (χ1) is 13.7. The lowest BCUT2D eigenvalue weighted by molar-refractivity contribution is -0.233. The van der Waals surface area contributed by atoms with E-state index in [0.29, 0.717) is 18.8 Å². The van der Waals surface area contributed by atoms with E-state index < -0.39 is 17.8 Å². The van der Waals surface area contributed by atoms with Crippen LogP contribution in [0.15, 0.2) is 30.3 Å². The van der Waals surface area contributed by atoms with Crippen LogP contribution in [-0.4, -0.2) is 38.7 Å². The van der Waals surface area contributed by atoms with Gasteiger partial charge in [0, 0.05) is 5.41 Å². The van der Waals surface area contributed by atoms with E-state index in [4.69, 9.17) is 0 Å². The van der Waals surface area contributed by atoms with E-state index in [2.05, 4.69) is 13.8 Å². The van der Waals surface area contributed by atoms with Gasteiger partial charge in [-0.15, -0.1) is 0 Å². The summed E-state index contributed by atoms with van der Waals surface area (Å²) in [6, 6.07) is 10.0. The molecule has 1 aromatic carbocycles. The van der Waals surface area contributed by atoms with Gasteiger partial charge in [0.15, 0.2) is 0 Å². The van der Waals surface area contributed by atoms with Crippen LogP contribution in [-0.2, 0) is 5.60 Å². The molecule has 0 heterocycles. The van der Waals surface area contributed by atoms with Crippen LogP contribution in [0.1, 0.15) is 64.4 Å². The lowest BCUT2D eigenvalue weighted by atomic mass is 9.43. The van der Waals surface area contributed by atoms with Crippen molar-refractivity contribution in [2.45, 2.75) is 82.7 Å². The Balaban J connectivity index is 1.53. The fraction of sp³-hybridized carbons (Fsp3) is 0.760. The van der Waals surface area contributed by atoms with Crippen molar-refractivity contribution in [3.63, 3.8) is 0 Å². The molecule has 4 saturated carbocycles. The average molecular weight is 401 g/mol. The zero-order valence-corrected chi connectivity index (χ0v) is 17.7. The Kier molecular flexibility index (Phi) is 4.50. The van der Waals surface area contributed by atoms with Gasteiger partial charge in [-0.25, -0.2) is 0 Å². The van der Waals surface area contributed by atoms with Crippen molar-refractivity contribution in [3.8, 4) is 0 Å². The SMILES string of the molecule is C[C@]12CC[C@H](O)C[C@@H]1[C@@H](O)[C@H](O)C1[C@@H]2CC[C@@]2(C)[C@H]1CC[C@@]2(O)c1ccccc1. The van der Waals surface area contributed by atoms with Gasteiger partial charge in [0.25, 0.3) is 0 Å². The third-order valence-corrected chi connectivity index (χ3v) is 10.1. The maximum Gasteiger partial charge on any atom is 0.0952 e. The van der Waals surface area contributed by atoms with Gasteiger partial charge in [-0.2, -0.15) is 0 Å². The van der Waals surface area contributed by atoms with Crippen LogP contribution in [0.4, 0.5) is 0 Å². The normalized spacial score (nSPS) is 54.3. The topological polar surface area (TPSA) is 80.9 Å². The van der Waals surface area contributed by atoms with Gasteiger partial charge >= 0.3 is 0 Å². The lowest BCUT2D eigenvalue weighted by Crippen LogP contribution is -2.65. The van der Waals surface area contributed by atoms with Crippen LogP contribution in [0, 0.1) is 34.5 Å². The van der Waals surface area contributed by atoms with Crippen molar-refractivity contribution >= 4 is 0 Å². The quantitative estimate of drug-likeness (QED) is 0.584. The highest BCUT2D eigenvalue weighted by Gasteiger charge is 2.68. The van der Waals surface area contributed by atoms with Crippen molar-refractivity contribution in [1.82, 2.24) is 0 Å². The van der Waals surface area contributed by atoms with E-state index in [0.717, 1.165) is 37.7 Å². The minimum absolute atomic E-state index is 0.0120. The molecule has 4 aliphatic carbocycles. The average Bonchev–Trinajstić information content (AvgIpc) is 3.00. The molecule has 29 heavy (non-hydrogen) atoms. The van der Waals surface area contributed by atoms with Crippen LogP contribution in [0.5, 0.6) is 0 Å². The van der Waals surface area contributed by atoms with Gasteiger partial charge in [-0.05, 0) is 79.6 Å². The zero-order chi connectivity index (χ0) is 20.6. The second-order valence-electron chi connectivity index (χ2n) is 11.0. The molecule has 10 atom stereocenters. The summed E-state index contributed by atoms with van der Waals surface area (Å²) >= 11 is 0. The van der Waals surface area contributed by atoms with Gasteiger partial charge < -0.3 is 20.4 Å². The van der Waals surface area contributed by atoms with E-state index in [1.54, 1.807) is 0 Å². The Morgan fingerprint density at radius 1 is 0.793 bits per heavy atom. The number of aliphatic hydroxyl groups excluding tert-OH is 3. The van der Waals surface area contributed by atoms with Crippen LogP contribution < -0.4 is 0 Å². The van der Waals surface area contributed by atoms with Crippen molar-refractivity contribution in [2.24, 2.45) is 34.5 Å². The van der Waals surface area contributed by atoms with Gasteiger partial charge in [0.2, 0.25) is 0 Å². The number of hydrogen-bond donors (Lipinski definition) is 4. The summed E-state index contributed by atoms with van der Waals surface area (Å²) in [6.07, 6.45) is 3.88. The summed E-state index contributed by atoms with van der Waals surface area (Å²) in [5.41, 5.74) is -0.237. The standard InChI is InChI=1S/C25H36O4/c1-23-11-8-16(26)14-19(23)21(27)22(28)20-17(23)9-12-24(2)18(20)10-13-25(24,29)15-6-4-3-5-7-15/h3-7,16-22,26-29H,8-14H2,1-2H3/t16-,17-,18-,19+,20?,21+,22+,23+,24-,25+/m0/s1. The molecule has 4 fully saturated rings. The van der Waals surface area contributed by atoms with E-state index >= 15 is 0 Å². The van der Waals surface area contributed by atoms with E-state index in [1.807, 2.05) is 30.3 Å². The summed E-state index contributed by atoms with van der Waals surface area (Å²) in [7, 11) is 0. The molecule has 0 bridgehead atoms. The summed E-state index contributed by atoms with van der Waals surface area (Å²) in [4.78, 5) is 0. The minimum Gasteiger partial charge on any atom is -0.393 e. The van der Waals surface area contributed by atoms with Crippen LogP contribution >= 0.6 is 0 Å². The first-order valence-electron chi connectivity index (χ1n) is 11.5. The summed E-state index contributed by atoms with van der Waals surface area (Å²) < 4.78 is 0. The molecule has 4 heteroatoms. The Morgan fingerprint density at radius 3 is 2.21 bits per heavy atom. The highest BCUT2D eigenvalue weighted by Crippen LogP contribution is 2.70. The molecule has 1 aromatic rings. The van der Waals surface area contributed by atoms with Crippen molar-refractivity contribution in [1.29, 1.82) is 0 Å². The molecular formula is C25H36O4. The van der Waals surface area contributed by atoms with Crippen molar-refractivity contribution in [3.05, 3.63) is 35.9 Å². The molecule has 1 unspecified atom stereocenters. The van der Waals surface area contributed by atoms with E-state index in [1.165, 1.54) is 0 Å². The number of fused-ring (bicyclic) bond motifs is 5. The van der Waals surface area contributed by atoms with Crippen LogP contribution in [0.2, 0.25) is 0 Å². The molecule has 0 saturated heterocycles. The molecule has 4 N–H and O–H groups in total. The Bertz CT molecular complexity index is 767. The minimum atomic E-state index is -0.880. The molecule has 160 valence electrons. The molecule has 4 aliphatic rings. The van der Waals surface area contributed by atoms with Gasteiger partial charge in [-0.1, -0.05) is 44.2 Å². The second-order valence-corrected chi connectivity index (χ2v) is 11.0. The Morgan fingerprint density at radius 2 is 1.48 bits per heavy atom. The van der Waals surface area contributed by atoms with Crippen LogP contribution in [0.3, 0.4) is 0 Å². The van der Waals surface area contributed by atoms with Gasteiger partial charge in [-0.3, -0.25) is 0 Å². The second kappa shape index (κ2) is 6.53. The molecule has 0 radical (unpaired) electrons. The Hall–Kier alpha value is -0.940. The van der Waals surface area contributed by atoms with E-state index in [-0.39, 0.29) is 34.7 Å². The monoisotopic (exact) mass is 400 g/mol. The molecule has 0 aliphatic heterocycles. The molecule has 0 spiro atoms. The fourth-order valence-electron chi connectivity index (χ4n) is 8.44. The highest BCUT2D eigenvalue weighted by atomic mass is 16.3. The van der Waals surface area contributed by atoms with Gasteiger partial charge in [0.1, 0.15) is 0 Å². The third-order valence-electron chi connectivity index (χ3n) is 10.1. The number of aliphatic hydroxyl groups is 4. The first kappa shape index (κ1) is 20.0. The molecule has 0 amide bonds.